The van der Waals surface area contributed by atoms with E-state index >= 15 is 0 Å². The zero-order chi connectivity index (χ0) is 13.7. The van der Waals surface area contributed by atoms with Crippen molar-refractivity contribution >= 4 is 12.0 Å². The second-order valence-corrected chi connectivity index (χ2v) is 4.43. The molecule has 0 aliphatic rings. The molecule has 7 nitrogen and oxygen atoms in total. The van der Waals surface area contributed by atoms with Crippen molar-refractivity contribution in [3.8, 4) is 0 Å². The number of nitrogens with zero attached hydrogens (tertiary/aromatic N) is 1. The molecule has 1 aromatic rings. The highest BCUT2D eigenvalue weighted by atomic mass is 16.4. The first-order valence-corrected chi connectivity index (χ1v) is 5.70. The van der Waals surface area contributed by atoms with E-state index in [0.717, 1.165) is 5.56 Å². The van der Waals surface area contributed by atoms with Gasteiger partial charge in [-0.05, 0) is 12.8 Å². The van der Waals surface area contributed by atoms with Crippen LogP contribution in [0.25, 0.3) is 0 Å². The highest BCUT2D eigenvalue weighted by Gasteiger charge is 2.24. The van der Waals surface area contributed by atoms with Crippen LogP contribution in [-0.4, -0.2) is 33.3 Å². The van der Waals surface area contributed by atoms with Crippen molar-refractivity contribution in [2.24, 2.45) is 5.92 Å². The summed E-state index contributed by atoms with van der Waals surface area (Å²) < 4.78 is 0. The lowest BCUT2D eigenvalue weighted by atomic mass is 10.1. The molecule has 0 fully saturated rings. The SMILES string of the molecule is CC(NC(=O)N[C@H](C(=O)O)C(C)C)c1cn[nH]c1. The molecule has 100 valence electrons. The predicted octanol–water partition coefficient (Wildman–Crippen LogP) is 0.879. The number of amides is 2. The summed E-state index contributed by atoms with van der Waals surface area (Å²) in [5.41, 5.74) is 0.821. The van der Waals surface area contributed by atoms with E-state index in [4.69, 9.17) is 5.11 Å². The van der Waals surface area contributed by atoms with Crippen LogP contribution >= 0.6 is 0 Å². The smallest absolute Gasteiger partial charge is 0.326 e. The van der Waals surface area contributed by atoms with Crippen LogP contribution in [0, 0.1) is 5.92 Å². The van der Waals surface area contributed by atoms with Gasteiger partial charge in [0.1, 0.15) is 6.04 Å². The average Bonchev–Trinajstić information content (AvgIpc) is 2.78. The number of urea groups is 1. The van der Waals surface area contributed by atoms with Crippen molar-refractivity contribution in [2.45, 2.75) is 32.9 Å². The number of carboxylic acids is 1. The van der Waals surface area contributed by atoms with Gasteiger partial charge in [0.25, 0.3) is 0 Å². The minimum atomic E-state index is -1.05. The zero-order valence-electron chi connectivity index (χ0n) is 10.6. The fourth-order valence-electron chi connectivity index (χ4n) is 1.47. The summed E-state index contributed by atoms with van der Waals surface area (Å²) in [5.74, 6) is -1.23. The van der Waals surface area contributed by atoms with Crippen molar-refractivity contribution in [2.75, 3.05) is 0 Å². The normalized spacial score (nSPS) is 14.0. The maximum Gasteiger partial charge on any atom is 0.326 e. The van der Waals surface area contributed by atoms with Crippen LogP contribution in [0.15, 0.2) is 12.4 Å². The van der Waals surface area contributed by atoms with Gasteiger partial charge in [-0.3, -0.25) is 5.10 Å². The van der Waals surface area contributed by atoms with Crippen LogP contribution < -0.4 is 10.6 Å². The van der Waals surface area contributed by atoms with E-state index in [2.05, 4.69) is 20.8 Å². The molecule has 0 aromatic carbocycles. The van der Waals surface area contributed by atoms with E-state index in [0.29, 0.717) is 0 Å². The molecular weight excluding hydrogens is 236 g/mol. The number of rotatable bonds is 5. The molecule has 1 unspecified atom stereocenters. The quantitative estimate of drug-likeness (QED) is 0.625. The van der Waals surface area contributed by atoms with Gasteiger partial charge in [-0.15, -0.1) is 0 Å². The Kier molecular flexibility index (Phi) is 4.70. The number of aromatic nitrogens is 2. The number of carboxylic acid groups (broad SMARTS) is 1. The number of nitrogens with one attached hydrogen (secondary N) is 3. The zero-order valence-corrected chi connectivity index (χ0v) is 10.6. The number of aromatic amines is 1. The van der Waals surface area contributed by atoms with Gasteiger partial charge in [0.2, 0.25) is 0 Å². The van der Waals surface area contributed by atoms with E-state index < -0.39 is 18.0 Å². The number of aliphatic carboxylic acids is 1. The van der Waals surface area contributed by atoms with Crippen LogP contribution in [0.2, 0.25) is 0 Å². The number of carbonyl (C=O) groups is 2. The second kappa shape index (κ2) is 6.04. The second-order valence-electron chi connectivity index (χ2n) is 4.43. The summed E-state index contributed by atoms with van der Waals surface area (Å²) in [6.07, 6.45) is 3.27. The molecule has 18 heavy (non-hydrogen) atoms. The number of H-pyrrole nitrogens is 1. The Bertz CT molecular complexity index is 402. The van der Waals surface area contributed by atoms with Crippen molar-refractivity contribution in [1.82, 2.24) is 20.8 Å². The Morgan fingerprint density at radius 3 is 2.44 bits per heavy atom. The number of hydrogen-bond donors (Lipinski definition) is 4. The summed E-state index contributed by atoms with van der Waals surface area (Å²) in [7, 11) is 0. The van der Waals surface area contributed by atoms with Gasteiger partial charge in [0, 0.05) is 11.8 Å². The molecule has 1 rings (SSSR count). The fraction of sp³-hybridized carbons (Fsp3) is 0.545. The first kappa shape index (κ1) is 14.0. The molecule has 7 heteroatoms. The minimum Gasteiger partial charge on any atom is -0.480 e. The lowest BCUT2D eigenvalue weighted by Crippen LogP contribution is -2.49. The van der Waals surface area contributed by atoms with Crippen LogP contribution in [0.5, 0.6) is 0 Å². The third-order valence-electron chi connectivity index (χ3n) is 2.59. The molecule has 0 bridgehead atoms. The highest BCUT2D eigenvalue weighted by molar-refractivity contribution is 5.82. The predicted molar refractivity (Wildman–Crippen MR) is 64.9 cm³/mol. The van der Waals surface area contributed by atoms with Gasteiger partial charge in [0.15, 0.2) is 0 Å². The molecule has 0 aliphatic carbocycles. The third-order valence-corrected chi connectivity index (χ3v) is 2.59. The lowest BCUT2D eigenvalue weighted by Gasteiger charge is -2.20. The maximum atomic E-state index is 11.7. The molecule has 1 heterocycles. The third kappa shape index (κ3) is 3.76. The monoisotopic (exact) mass is 254 g/mol. The van der Waals surface area contributed by atoms with Gasteiger partial charge in [0.05, 0.1) is 12.2 Å². The van der Waals surface area contributed by atoms with Crippen LogP contribution in [0.1, 0.15) is 32.4 Å². The topological polar surface area (TPSA) is 107 Å². The van der Waals surface area contributed by atoms with Gasteiger partial charge >= 0.3 is 12.0 Å². The Balaban J connectivity index is 2.53. The summed E-state index contributed by atoms with van der Waals surface area (Å²) >= 11 is 0. The van der Waals surface area contributed by atoms with E-state index in [-0.39, 0.29) is 12.0 Å². The molecule has 0 spiro atoms. The van der Waals surface area contributed by atoms with E-state index in [1.54, 1.807) is 33.2 Å². The van der Waals surface area contributed by atoms with Crippen molar-refractivity contribution < 1.29 is 14.7 Å². The van der Waals surface area contributed by atoms with E-state index in [1.807, 2.05) is 0 Å². The number of hydrogen-bond acceptors (Lipinski definition) is 3. The highest BCUT2D eigenvalue weighted by Crippen LogP contribution is 2.09. The fourth-order valence-corrected chi connectivity index (χ4v) is 1.47. The standard InChI is InChI=1S/C11H18N4O3/c1-6(2)9(10(16)17)15-11(18)14-7(3)8-4-12-13-5-8/h4-7,9H,1-3H3,(H,12,13)(H,16,17)(H2,14,15,18)/t7?,9-/m0/s1. The molecule has 0 radical (unpaired) electrons. The summed E-state index contributed by atoms with van der Waals surface area (Å²) in [5, 5.41) is 20.5. The first-order chi connectivity index (χ1) is 8.41. The van der Waals surface area contributed by atoms with Crippen LogP contribution in [-0.2, 0) is 4.79 Å². The molecular formula is C11H18N4O3. The molecule has 1 aromatic heterocycles. The Labute approximate surface area is 105 Å². The lowest BCUT2D eigenvalue weighted by molar-refractivity contribution is -0.140. The van der Waals surface area contributed by atoms with Gasteiger partial charge in [-0.1, -0.05) is 13.8 Å². The van der Waals surface area contributed by atoms with Gasteiger partial charge in [-0.2, -0.15) is 5.10 Å². The Morgan fingerprint density at radius 2 is 2.00 bits per heavy atom. The van der Waals surface area contributed by atoms with Crippen molar-refractivity contribution in [1.29, 1.82) is 0 Å². The molecule has 0 saturated heterocycles. The van der Waals surface area contributed by atoms with E-state index in [9.17, 15) is 9.59 Å². The molecule has 2 atom stereocenters. The van der Waals surface area contributed by atoms with Crippen LogP contribution in [0.3, 0.4) is 0 Å². The number of carbonyl (C=O) groups excluding carboxylic acids is 1. The van der Waals surface area contributed by atoms with Gasteiger partial charge < -0.3 is 15.7 Å². The van der Waals surface area contributed by atoms with Gasteiger partial charge in [-0.25, -0.2) is 9.59 Å². The Morgan fingerprint density at radius 1 is 1.33 bits per heavy atom. The summed E-state index contributed by atoms with van der Waals surface area (Å²) in [6, 6.07) is -1.66. The van der Waals surface area contributed by atoms with Crippen LogP contribution in [0.4, 0.5) is 4.79 Å². The molecule has 2 amide bonds. The first-order valence-electron chi connectivity index (χ1n) is 5.70. The maximum absolute atomic E-state index is 11.7. The summed E-state index contributed by atoms with van der Waals surface area (Å²) in [6.45, 7) is 5.26. The molecule has 0 saturated carbocycles. The van der Waals surface area contributed by atoms with Crippen molar-refractivity contribution in [3.63, 3.8) is 0 Å². The van der Waals surface area contributed by atoms with E-state index in [1.165, 1.54) is 0 Å². The minimum absolute atomic E-state index is 0.183. The summed E-state index contributed by atoms with van der Waals surface area (Å²) in [4.78, 5) is 22.6. The molecule has 0 aliphatic heterocycles. The van der Waals surface area contributed by atoms with Crippen molar-refractivity contribution in [3.05, 3.63) is 18.0 Å². The molecule has 4 N–H and O–H groups in total. The largest absolute Gasteiger partial charge is 0.480 e. The average molecular weight is 254 g/mol. The Hall–Kier alpha value is -2.05.